The molecule has 1 amide bonds. The minimum atomic E-state index is -3.61. The van der Waals surface area contributed by atoms with Crippen LogP contribution in [0.15, 0.2) is 41.3 Å². The van der Waals surface area contributed by atoms with Gasteiger partial charge >= 0.3 is 0 Å². The Bertz CT molecular complexity index is 1160. The summed E-state index contributed by atoms with van der Waals surface area (Å²) in [5.41, 5.74) is 2.35. The van der Waals surface area contributed by atoms with Crippen molar-refractivity contribution in [1.82, 2.24) is 4.31 Å². The number of rotatable bonds is 5. The number of nitro benzene ring substituents is 1. The van der Waals surface area contributed by atoms with E-state index in [9.17, 15) is 23.3 Å². The Morgan fingerprint density at radius 3 is 2.44 bits per heavy atom. The zero-order chi connectivity index (χ0) is 22.9. The Morgan fingerprint density at radius 1 is 1.06 bits per heavy atom. The van der Waals surface area contributed by atoms with Gasteiger partial charge in [-0.2, -0.15) is 4.31 Å². The van der Waals surface area contributed by atoms with Gasteiger partial charge in [0, 0.05) is 30.8 Å². The first-order valence-corrected chi connectivity index (χ1v) is 12.4. The molecule has 0 unspecified atom stereocenters. The van der Waals surface area contributed by atoms with Gasteiger partial charge in [0.2, 0.25) is 15.9 Å². The zero-order valence-corrected chi connectivity index (χ0v) is 19.0. The van der Waals surface area contributed by atoms with Crippen LogP contribution in [0.3, 0.4) is 0 Å². The van der Waals surface area contributed by atoms with E-state index < -0.39 is 14.9 Å². The predicted octanol–water partition coefficient (Wildman–Crippen LogP) is 4.17. The van der Waals surface area contributed by atoms with Gasteiger partial charge in [-0.15, -0.1) is 0 Å². The summed E-state index contributed by atoms with van der Waals surface area (Å²) in [5.74, 6) is -0.660. The van der Waals surface area contributed by atoms with Gasteiger partial charge in [-0.1, -0.05) is 17.7 Å². The number of carbonyl (C=O) groups is 1. The van der Waals surface area contributed by atoms with Gasteiger partial charge in [-0.05, 0) is 73.9 Å². The molecule has 2 aromatic carbocycles. The highest BCUT2D eigenvalue weighted by atomic mass is 35.5. The number of nitro groups is 1. The van der Waals surface area contributed by atoms with Crippen molar-refractivity contribution in [2.24, 2.45) is 5.92 Å². The molecule has 1 fully saturated rings. The average Bonchev–Trinajstić information content (AvgIpc) is 2.79. The molecule has 0 bridgehead atoms. The average molecular weight is 478 g/mol. The summed E-state index contributed by atoms with van der Waals surface area (Å²) in [6, 6.07) is 9.50. The van der Waals surface area contributed by atoms with E-state index in [0.717, 1.165) is 31.2 Å². The van der Waals surface area contributed by atoms with Gasteiger partial charge in [-0.25, -0.2) is 8.42 Å². The topological polar surface area (TPSA) is 110 Å². The molecule has 4 rings (SSSR count). The minimum Gasteiger partial charge on any atom is -0.326 e. The lowest BCUT2D eigenvalue weighted by molar-refractivity contribution is -0.384. The molecule has 1 heterocycles. The monoisotopic (exact) mass is 477 g/mol. The van der Waals surface area contributed by atoms with Crippen LogP contribution in [0.4, 0.5) is 11.4 Å². The number of amides is 1. The molecule has 0 atom stereocenters. The summed E-state index contributed by atoms with van der Waals surface area (Å²) in [7, 11) is -3.61. The fourth-order valence-electron chi connectivity index (χ4n) is 4.35. The lowest BCUT2D eigenvalue weighted by atomic mass is 9.92. The van der Waals surface area contributed by atoms with Crippen LogP contribution in [0.1, 0.15) is 36.8 Å². The smallest absolute Gasteiger partial charge is 0.289 e. The zero-order valence-electron chi connectivity index (χ0n) is 17.4. The van der Waals surface area contributed by atoms with E-state index in [0.29, 0.717) is 17.7 Å². The van der Waals surface area contributed by atoms with Crippen LogP contribution >= 0.6 is 11.6 Å². The van der Waals surface area contributed by atoms with Crippen molar-refractivity contribution in [2.45, 2.75) is 43.4 Å². The summed E-state index contributed by atoms with van der Waals surface area (Å²) in [6.45, 7) is 0.497. The van der Waals surface area contributed by atoms with Crippen LogP contribution in [0.5, 0.6) is 0 Å². The molecule has 1 saturated heterocycles. The summed E-state index contributed by atoms with van der Waals surface area (Å²) in [6.07, 6.45) is 4.87. The second-order valence-electron chi connectivity index (χ2n) is 8.23. The van der Waals surface area contributed by atoms with Crippen molar-refractivity contribution >= 4 is 38.9 Å². The van der Waals surface area contributed by atoms with Gasteiger partial charge in [0.05, 0.1) is 9.82 Å². The molecule has 2 aromatic rings. The van der Waals surface area contributed by atoms with Crippen LogP contribution in [0, 0.1) is 16.0 Å². The number of sulfonamides is 1. The fraction of sp³-hybridized carbons (Fsp3) is 0.409. The maximum atomic E-state index is 13.1. The van der Waals surface area contributed by atoms with Gasteiger partial charge in [0.1, 0.15) is 5.02 Å². The van der Waals surface area contributed by atoms with E-state index in [4.69, 9.17) is 11.6 Å². The lowest BCUT2D eigenvalue weighted by Crippen LogP contribution is -2.41. The van der Waals surface area contributed by atoms with Gasteiger partial charge in [0.25, 0.3) is 5.69 Å². The molecular weight excluding hydrogens is 454 g/mol. The molecular formula is C22H24ClN3O5S. The molecule has 10 heteroatoms. The summed E-state index contributed by atoms with van der Waals surface area (Å²) >= 11 is 5.81. The van der Waals surface area contributed by atoms with Crippen LogP contribution in [-0.2, 0) is 27.7 Å². The van der Waals surface area contributed by atoms with Crippen LogP contribution in [-0.4, -0.2) is 36.6 Å². The Kier molecular flexibility index (Phi) is 6.50. The predicted molar refractivity (Wildman–Crippen MR) is 121 cm³/mol. The van der Waals surface area contributed by atoms with E-state index in [1.54, 1.807) is 12.1 Å². The van der Waals surface area contributed by atoms with Crippen molar-refractivity contribution in [3.8, 4) is 0 Å². The highest BCUT2D eigenvalue weighted by Gasteiger charge is 2.32. The number of nitrogens with one attached hydrogen (secondary N) is 1. The number of benzene rings is 2. The molecule has 8 nitrogen and oxygen atoms in total. The molecule has 1 aliphatic carbocycles. The van der Waals surface area contributed by atoms with Crippen LogP contribution < -0.4 is 5.32 Å². The largest absolute Gasteiger partial charge is 0.326 e. The third-order valence-electron chi connectivity index (χ3n) is 6.19. The second kappa shape index (κ2) is 9.17. The lowest BCUT2D eigenvalue weighted by Gasteiger charge is -2.31. The first-order chi connectivity index (χ1) is 15.3. The molecule has 170 valence electrons. The summed E-state index contributed by atoms with van der Waals surface area (Å²) in [5, 5.41) is 13.7. The van der Waals surface area contributed by atoms with Crippen LogP contribution in [0.25, 0.3) is 0 Å². The molecule has 32 heavy (non-hydrogen) atoms. The Morgan fingerprint density at radius 2 is 1.75 bits per heavy atom. The van der Waals surface area contributed by atoms with E-state index in [1.165, 1.54) is 28.1 Å². The Labute approximate surface area is 191 Å². The number of nitrogens with zero attached hydrogens (tertiary/aromatic N) is 2. The van der Waals surface area contributed by atoms with Gasteiger partial charge in [-0.3, -0.25) is 14.9 Å². The number of halogens is 1. The van der Waals surface area contributed by atoms with Crippen molar-refractivity contribution in [2.75, 3.05) is 18.4 Å². The Balaban J connectivity index is 1.40. The van der Waals surface area contributed by atoms with Crippen molar-refractivity contribution < 1.29 is 18.1 Å². The summed E-state index contributed by atoms with van der Waals surface area (Å²) < 4.78 is 27.7. The van der Waals surface area contributed by atoms with Crippen molar-refractivity contribution in [1.29, 1.82) is 0 Å². The molecule has 1 aliphatic heterocycles. The molecule has 0 spiro atoms. The number of aryl methyl sites for hydroxylation is 2. The first kappa shape index (κ1) is 22.7. The first-order valence-electron chi connectivity index (χ1n) is 10.6. The fourth-order valence-corrected chi connectivity index (χ4v) is 6.06. The van der Waals surface area contributed by atoms with Crippen LogP contribution in [0.2, 0.25) is 5.02 Å². The third kappa shape index (κ3) is 4.65. The van der Waals surface area contributed by atoms with Gasteiger partial charge < -0.3 is 5.32 Å². The standard InChI is InChI=1S/C22H24ClN3O5S/c23-20-8-6-18(14-21(20)26(28)29)24-22(27)16-9-11-25(12-10-16)32(30,31)19-7-5-15-3-1-2-4-17(15)13-19/h5-8,13-14,16H,1-4,9-12H2,(H,24,27). The molecule has 0 aromatic heterocycles. The number of carbonyl (C=O) groups excluding carboxylic acids is 1. The molecule has 0 saturated carbocycles. The molecule has 2 aliphatic rings. The number of anilines is 1. The SMILES string of the molecule is O=C(Nc1ccc(Cl)c([N+](=O)[O-])c1)C1CCN(S(=O)(=O)c2ccc3c(c2)CCCC3)CC1. The maximum absolute atomic E-state index is 13.1. The number of fused-ring (bicyclic) bond motifs is 1. The van der Waals surface area contributed by atoms with Gasteiger partial charge in [0.15, 0.2) is 0 Å². The minimum absolute atomic E-state index is 0.00584. The normalized spacial score (nSPS) is 17.5. The maximum Gasteiger partial charge on any atom is 0.289 e. The van der Waals surface area contributed by atoms with Crippen molar-refractivity contribution in [3.05, 3.63) is 62.7 Å². The quantitative estimate of drug-likeness (QED) is 0.513. The molecule has 0 radical (unpaired) electrons. The molecule has 1 N–H and O–H groups in total. The highest BCUT2D eigenvalue weighted by molar-refractivity contribution is 7.89. The number of piperidine rings is 1. The van der Waals surface area contributed by atoms with E-state index >= 15 is 0 Å². The van der Waals surface area contributed by atoms with E-state index in [-0.39, 0.29) is 41.3 Å². The number of hydrogen-bond donors (Lipinski definition) is 1. The second-order valence-corrected chi connectivity index (χ2v) is 10.6. The summed E-state index contributed by atoms with van der Waals surface area (Å²) in [4.78, 5) is 23.4. The third-order valence-corrected chi connectivity index (χ3v) is 8.41. The van der Waals surface area contributed by atoms with Crippen molar-refractivity contribution in [3.63, 3.8) is 0 Å². The highest BCUT2D eigenvalue weighted by Crippen LogP contribution is 2.30. The Hall–Kier alpha value is -2.49. The number of hydrogen-bond acceptors (Lipinski definition) is 5. The van der Waals surface area contributed by atoms with E-state index in [2.05, 4.69) is 5.32 Å². The van der Waals surface area contributed by atoms with E-state index in [1.807, 2.05) is 6.07 Å².